The average Bonchev–Trinajstić information content (AvgIpc) is 3.17. The second kappa shape index (κ2) is 7.28. The van der Waals surface area contributed by atoms with Gasteiger partial charge in [0.2, 0.25) is 5.91 Å². The molecular weight excluding hydrogens is 353 g/mol. The van der Waals surface area contributed by atoms with Gasteiger partial charge in [0.05, 0.1) is 6.04 Å². The lowest BCUT2D eigenvalue weighted by Gasteiger charge is -2.51. The van der Waals surface area contributed by atoms with Crippen molar-refractivity contribution < 1.29 is 9.18 Å². The van der Waals surface area contributed by atoms with E-state index in [0.29, 0.717) is 24.4 Å². The molecule has 146 valence electrons. The van der Waals surface area contributed by atoms with E-state index in [4.69, 9.17) is 0 Å². The molecule has 28 heavy (non-hydrogen) atoms. The number of pyridine rings is 1. The number of rotatable bonds is 4. The second-order valence-corrected chi connectivity index (χ2v) is 8.42. The third-order valence-electron chi connectivity index (χ3n) is 6.96. The first-order valence-corrected chi connectivity index (χ1v) is 10.4. The molecule has 1 amide bonds. The SMILES string of the molecule is O=C(CCc1cccnc1)N1C[C@H](c2ccc(F)cc2)[C@H]2[C@@H]1C1CCN2CC1. The molecule has 0 unspecified atom stereocenters. The monoisotopic (exact) mass is 379 g/mol. The number of carbonyl (C=O) groups is 1. The van der Waals surface area contributed by atoms with Crippen molar-refractivity contribution in [3.8, 4) is 0 Å². The Labute approximate surface area is 165 Å². The summed E-state index contributed by atoms with van der Waals surface area (Å²) in [6, 6.07) is 11.5. The number of nitrogens with zero attached hydrogens (tertiary/aromatic N) is 3. The minimum atomic E-state index is -0.201. The lowest BCUT2D eigenvalue weighted by molar-refractivity contribution is -0.135. The Bertz CT molecular complexity index is 833. The van der Waals surface area contributed by atoms with Gasteiger partial charge in [0.15, 0.2) is 0 Å². The van der Waals surface area contributed by atoms with Crippen molar-refractivity contribution in [2.75, 3.05) is 19.6 Å². The van der Waals surface area contributed by atoms with E-state index in [1.165, 1.54) is 12.8 Å². The molecular formula is C23H26FN3O. The number of likely N-dealkylation sites (tertiary alicyclic amines) is 1. The maximum atomic E-state index is 13.4. The fraction of sp³-hybridized carbons (Fsp3) is 0.478. The van der Waals surface area contributed by atoms with E-state index in [2.05, 4.69) is 14.8 Å². The maximum absolute atomic E-state index is 13.4. The van der Waals surface area contributed by atoms with Crippen molar-refractivity contribution in [2.24, 2.45) is 5.92 Å². The Hall–Kier alpha value is -2.27. The molecule has 5 heterocycles. The molecule has 0 radical (unpaired) electrons. The van der Waals surface area contributed by atoms with Crippen LogP contribution in [0.4, 0.5) is 4.39 Å². The van der Waals surface area contributed by atoms with Crippen LogP contribution in [-0.2, 0) is 11.2 Å². The largest absolute Gasteiger partial charge is 0.337 e. The Morgan fingerprint density at radius 1 is 1.11 bits per heavy atom. The summed E-state index contributed by atoms with van der Waals surface area (Å²) in [7, 11) is 0. The van der Waals surface area contributed by atoms with Crippen LogP contribution in [0.1, 0.15) is 36.3 Å². The van der Waals surface area contributed by atoms with Gasteiger partial charge < -0.3 is 4.90 Å². The minimum absolute atomic E-state index is 0.201. The molecule has 0 aliphatic carbocycles. The van der Waals surface area contributed by atoms with Crippen LogP contribution in [0.15, 0.2) is 48.8 Å². The zero-order valence-electron chi connectivity index (χ0n) is 16.0. The summed E-state index contributed by atoms with van der Waals surface area (Å²) in [5, 5.41) is 0. The molecule has 5 heteroatoms. The van der Waals surface area contributed by atoms with Crippen molar-refractivity contribution in [2.45, 2.75) is 43.7 Å². The molecule has 4 saturated heterocycles. The summed E-state index contributed by atoms with van der Waals surface area (Å²) in [6.07, 6.45) is 7.23. The normalized spacial score (nSPS) is 31.0. The fourth-order valence-corrected chi connectivity index (χ4v) is 5.65. The highest BCUT2D eigenvalue weighted by Gasteiger charge is 2.54. The van der Waals surface area contributed by atoms with Gasteiger partial charge in [-0.3, -0.25) is 14.7 Å². The van der Waals surface area contributed by atoms with Gasteiger partial charge in [-0.2, -0.15) is 0 Å². The predicted molar refractivity (Wildman–Crippen MR) is 105 cm³/mol. The van der Waals surface area contributed by atoms with Crippen molar-refractivity contribution >= 4 is 5.91 Å². The molecule has 1 aromatic carbocycles. The number of hydrogen-bond acceptors (Lipinski definition) is 3. The average molecular weight is 379 g/mol. The summed E-state index contributed by atoms with van der Waals surface area (Å²) < 4.78 is 13.4. The van der Waals surface area contributed by atoms with Crippen LogP contribution in [0.3, 0.4) is 0 Å². The number of amides is 1. The summed E-state index contributed by atoms with van der Waals surface area (Å²) in [4.78, 5) is 22.1. The first kappa shape index (κ1) is 17.8. The number of carbonyl (C=O) groups excluding carboxylic acids is 1. The van der Waals surface area contributed by atoms with Crippen LogP contribution in [0.5, 0.6) is 0 Å². The van der Waals surface area contributed by atoms with Crippen molar-refractivity contribution in [3.05, 3.63) is 65.7 Å². The van der Waals surface area contributed by atoms with Gasteiger partial charge in [0.1, 0.15) is 5.82 Å². The molecule has 4 fully saturated rings. The van der Waals surface area contributed by atoms with E-state index in [1.807, 2.05) is 30.5 Å². The number of benzene rings is 1. The highest BCUT2D eigenvalue weighted by atomic mass is 19.1. The Morgan fingerprint density at radius 3 is 2.61 bits per heavy atom. The molecule has 6 rings (SSSR count). The van der Waals surface area contributed by atoms with Gasteiger partial charge >= 0.3 is 0 Å². The predicted octanol–water partition coefficient (Wildman–Crippen LogP) is 3.24. The molecule has 3 atom stereocenters. The fourth-order valence-electron chi connectivity index (χ4n) is 5.65. The van der Waals surface area contributed by atoms with Crippen molar-refractivity contribution in [1.29, 1.82) is 0 Å². The smallest absolute Gasteiger partial charge is 0.223 e. The van der Waals surface area contributed by atoms with Crippen LogP contribution in [0.25, 0.3) is 0 Å². The molecule has 2 aromatic rings. The standard InChI is InChI=1S/C23H26FN3O/c24-19-6-4-17(5-7-19)20-15-27(21(28)8-3-16-2-1-11-25-14-16)22-18-9-12-26(13-10-18)23(20)22/h1-2,4-7,11,14,18,20,22-23H,3,8-10,12-13,15H2/t20-,22+,23+/m1/s1. The molecule has 0 N–H and O–H groups in total. The summed E-state index contributed by atoms with van der Waals surface area (Å²) in [6.45, 7) is 3.00. The quantitative estimate of drug-likeness (QED) is 0.818. The van der Waals surface area contributed by atoms with Gasteiger partial charge in [-0.05, 0) is 67.6 Å². The molecule has 0 spiro atoms. The lowest BCUT2D eigenvalue weighted by Crippen LogP contribution is -2.60. The molecule has 4 aliphatic heterocycles. The second-order valence-electron chi connectivity index (χ2n) is 8.42. The molecule has 2 bridgehead atoms. The maximum Gasteiger partial charge on any atom is 0.223 e. The van der Waals surface area contributed by atoms with Crippen LogP contribution < -0.4 is 0 Å². The number of aryl methyl sites for hydroxylation is 1. The Balaban J connectivity index is 1.38. The van der Waals surface area contributed by atoms with E-state index >= 15 is 0 Å². The van der Waals surface area contributed by atoms with E-state index in [1.54, 1.807) is 18.3 Å². The number of piperidine rings is 3. The first-order valence-electron chi connectivity index (χ1n) is 10.4. The van der Waals surface area contributed by atoms with E-state index in [0.717, 1.165) is 37.2 Å². The van der Waals surface area contributed by atoms with Crippen LogP contribution in [0, 0.1) is 11.7 Å². The number of aromatic nitrogens is 1. The highest BCUT2D eigenvalue weighted by Crippen LogP contribution is 2.46. The summed E-state index contributed by atoms with van der Waals surface area (Å²) >= 11 is 0. The number of hydrogen-bond donors (Lipinski definition) is 0. The zero-order valence-corrected chi connectivity index (χ0v) is 16.0. The van der Waals surface area contributed by atoms with Crippen LogP contribution in [-0.4, -0.2) is 52.4 Å². The summed E-state index contributed by atoms with van der Waals surface area (Å²) in [5.41, 5.74) is 2.27. The highest BCUT2D eigenvalue weighted by molar-refractivity contribution is 5.77. The van der Waals surface area contributed by atoms with Gasteiger partial charge in [-0.25, -0.2) is 4.39 Å². The topological polar surface area (TPSA) is 36.4 Å². The lowest BCUT2D eigenvalue weighted by atomic mass is 9.75. The van der Waals surface area contributed by atoms with Crippen LogP contribution in [0.2, 0.25) is 0 Å². The molecule has 0 saturated carbocycles. The van der Waals surface area contributed by atoms with Gasteiger partial charge in [-0.15, -0.1) is 0 Å². The molecule has 4 nitrogen and oxygen atoms in total. The van der Waals surface area contributed by atoms with Gasteiger partial charge in [-0.1, -0.05) is 18.2 Å². The zero-order chi connectivity index (χ0) is 19.1. The Morgan fingerprint density at radius 2 is 1.89 bits per heavy atom. The molecule has 4 aliphatic rings. The third kappa shape index (κ3) is 3.12. The number of fused-ring (bicyclic) bond motifs is 2. The first-order chi connectivity index (χ1) is 13.7. The molecule has 1 aromatic heterocycles. The van der Waals surface area contributed by atoms with E-state index < -0.39 is 0 Å². The van der Waals surface area contributed by atoms with E-state index in [9.17, 15) is 9.18 Å². The third-order valence-corrected chi connectivity index (χ3v) is 6.96. The van der Waals surface area contributed by atoms with Gasteiger partial charge in [0, 0.05) is 37.3 Å². The summed E-state index contributed by atoms with van der Waals surface area (Å²) in [5.74, 6) is 0.921. The van der Waals surface area contributed by atoms with E-state index in [-0.39, 0.29) is 17.6 Å². The van der Waals surface area contributed by atoms with Crippen molar-refractivity contribution in [3.63, 3.8) is 0 Å². The van der Waals surface area contributed by atoms with Crippen LogP contribution >= 0.6 is 0 Å². The van der Waals surface area contributed by atoms with Gasteiger partial charge in [0.25, 0.3) is 0 Å². The Kier molecular flexibility index (Phi) is 4.63. The van der Waals surface area contributed by atoms with Crippen molar-refractivity contribution in [1.82, 2.24) is 14.8 Å². The number of halogens is 1. The minimum Gasteiger partial charge on any atom is -0.337 e.